The summed E-state index contributed by atoms with van der Waals surface area (Å²) in [7, 11) is -3.81. The van der Waals surface area contributed by atoms with Gasteiger partial charge < -0.3 is 10.8 Å². The zero-order valence-electron chi connectivity index (χ0n) is 11.4. The van der Waals surface area contributed by atoms with Crippen molar-refractivity contribution in [3.05, 3.63) is 22.4 Å². The Morgan fingerprint density at radius 1 is 1.38 bits per heavy atom. The molecule has 0 aliphatic heterocycles. The molecule has 0 spiro atoms. The summed E-state index contributed by atoms with van der Waals surface area (Å²) < 4.78 is 40.4. The van der Waals surface area contributed by atoms with E-state index in [1.54, 1.807) is 0 Å². The SMILES string of the molecule is Nc1cc(S(=O)(=O)NCC2CCCCC2O)c(Br)cc1F. The summed E-state index contributed by atoms with van der Waals surface area (Å²) in [6.45, 7) is 0.160. The number of sulfonamides is 1. The molecule has 0 radical (unpaired) electrons. The summed E-state index contributed by atoms with van der Waals surface area (Å²) in [6.07, 6.45) is 2.94. The molecule has 0 saturated heterocycles. The summed E-state index contributed by atoms with van der Waals surface area (Å²) in [5.74, 6) is -0.770. The van der Waals surface area contributed by atoms with Gasteiger partial charge in [-0.1, -0.05) is 12.8 Å². The van der Waals surface area contributed by atoms with Crippen molar-refractivity contribution in [1.29, 1.82) is 0 Å². The lowest BCUT2D eigenvalue weighted by atomic mass is 9.87. The average molecular weight is 381 g/mol. The van der Waals surface area contributed by atoms with E-state index in [-0.39, 0.29) is 27.5 Å². The highest BCUT2D eigenvalue weighted by Crippen LogP contribution is 2.28. The molecule has 0 bridgehead atoms. The highest BCUT2D eigenvalue weighted by atomic mass is 79.9. The molecule has 1 aliphatic rings. The van der Waals surface area contributed by atoms with Gasteiger partial charge in [0.2, 0.25) is 10.0 Å². The minimum Gasteiger partial charge on any atom is -0.396 e. The number of hydrogen-bond acceptors (Lipinski definition) is 4. The van der Waals surface area contributed by atoms with Crippen molar-refractivity contribution in [2.75, 3.05) is 12.3 Å². The van der Waals surface area contributed by atoms with Crippen molar-refractivity contribution in [2.24, 2.45) is 5.92 Å². The normalized spacial score (nSPS) is 23.2. The Balaban J connectivity index is 2.13. The van der Waals surface area contributed by atoms with Crippen LogP contribution in [0.25, 0.3) is 0 Å². The van der Waals surface area contributed by atoms with Crippen molar-refractivity contribution >= 4 is 31.6 Å². The van der Waals surface area contributed by atoms with E-state index < -0.39 is 21.9 Å². The third-order valence-electron chi connectivity index (χ3n) is 3.75. The molecule has 2 atom stereocenters. The van der Waals surface area contributed by atoms with Gasteiger partial charge in [0.1, 0.15) is 5.82 Å². The maximum atomic E-state index is 13.3. The van der Waals surface area contributed by atoms with Crippen molar-refractivity contribution in [3.63, 3.8) is 0 Å². The van der Waals surface area contributed by atoms with Crippen molar-refractivity contribution in [3.8, 4) is 0 Å². The fourth-order valence-corrected chi connectivity index (χ4v) is 4.61. The lowest BCUT2D eigenvalue weighted by Gasteiger charge is -2.27. The lowest BCUT2D eigenvalue weighted by Crippen LogP contribution is -2.36. The van der Waals surface area contributed by atoms with E-state index >= 15 is 0 Å². The summed E-state index contributed by atoms with van der Waals surface area (Å²) in [6, 6.07) is 2.11. The van der Waals surface area contributed by atoms with Crippen LogP contribution >= 0.6 is 15.9 Å². The van der Waals surface area contributed by atoms with Crippen LogP contribution in [-0.4, -0.2) is 26.2 Å². The van der Waals surface area contributed by atoms with E-state index in [1.807, 2.05) is 0 Å². The van der Waals surface area contributed by atoms with E-state index in [0.29, 0.717) is 6.42 Å². The van der Waals surface area contributed by atoms with E-state index in [1.165, 1.54) is 0 Å². The van der Waals surface area contributed by atoms with Gasteiger partial charge in [0.15, 0.2) is 0 Å². The number of nitrogens with one attached hydrogen (secondary N) is 1. The first kappa shape index (κ1) is 16.7. The van der Waals surface area contributed by atoms with Crippen LogP contribution in [-0.2, 0) is 10.0 Å². The molecule has 0 amide bonds. The number of halogens is 2. The molecule has 0 aromatic heterocycles. The van der Waals surface area contributed by atoms with Crippen LogP contribution in [0.1, 0.15) is 25.7 Å². The van der Waals surface area contributed by atoms with Gasteiger partial charge in [-0.05, 0) is 46.8 Å². The van der Waals surface area contributed by atoms with Gasteiger partial charge in [-0.2, -0.15) is 0 Å². The largest absolute Gasteiger partial charge is 0.396 e. The fraction of sp³-hybridized carbons (Fsp3) is 0.538. The molecule has 1 aliphatic carbocycles. The first-order chi connectivity index (χ1) is 9.81. The van der Waals surface area contributed by atoms with Gasteiger partial charge in [0, 0.05) is 11.0 Å². The molecule has 1 aromatic carbocycles. The van der Waals surface area contributed by atoms with Gasteiger partial charge in [0.05, 0.1) is 16.7 Å². The third-order valence-corrected chi connectivity index (χ3v) is 6.13. The number of benzene rings is 1. The molecule has 1 fully saturated rings. The Kier molecular flexibility index (Phi) is 5.24. The van der Waals surface area contributed by atoms with Gasteiger partial charge in [-0.25, -0.2) is 17.5 Å². The highest BCUT2D eigenvalue weighted by molar-refractivity contribution is 9.10. The molecule has 118 valence electrons. The number of hydrogen-bond donors (Lipinski definition) is 3. The smallest absolute Gasteiger partial charge is 0.241 e. The standard InChI is InChI=1S/C13H18BrFN2O3S/c14-9-5-10(15)11(16)6-13(9)21(19,20)17-7-8-3-1-2-4-12(8)18/h5-6,8,12,17-18H,1-4,7,16H2. The molecule has 2 unspecified atom stereocenters. The second-order valence-corrected chi connectivity index (χ2v) is 7.86. The molecule has 4 N–H and O–H groups in total. The van der Waals surface area contributed by atoms with E-state index in [0.717, 1.165) is 31.4 Å². The Hall–Kier alpha value is -0.700. The summed E-state index contributed by atoms with van der Waals surface area (Å²) in [5, 5.41) is 9.86. The molecule has 8 heteroatoms. The van der Waals surface area contributed by atoms with Gasteiger partial charge >= 0.3 is 0 Å². The lowest BCUT2D eigenvalue weighted by molar-refractivity contribution is 0.0724. The molecule has 5 nitrogen and oxygen atoms in total. The minimum atomic E-state index is -3.81. The number of nitrogens with two attached hydrogens (primary N) is 1. The molecular formula is C13H18BrFN2O3S. The third kappa shape index (κ3) is 3.94. The highest BCUT2D eigenvalue weighted by Gasteiger charge is 2.26. The van der Waals surface area contributed by atoms with Crippen LogP contribution in [0.2, 0.25) is 0 Å². The number of rotatable bonds is 4. The van der Waals surface area contributed by atoms with Gasteiger partial charge in [-0.3, -0.25) is 0 Å². The van der Waals surface area contributed by atoms with E-state index in [4.69, 9.17) is 5.73 Å². The molecule has 0 heterocycles. The Morgan fingerprint density at radius 2 is 2.05 bits per heavy atom. The predicted octanol–water partition coefficient (Wildman–Crippen LogP) is 2.00. The summed E-state index contributed by atoms with van der Waals surface area (Å²) >= 11 is 3.03. The molecule has 21 heavy (non-hydrogen) atoms. The van der Waals surface area contributed by atoms with Crippen LogP contribution in [0.3, 0.4) is 0 Å². The Bertz CT molecular complexity index is 624. The second kappa shape index (κ2) is 6.60. The van der Waals surface area contributed by atoms with Gasteiger partial charge in [0.25, 0.3) is 0 Å². The number of aliphatic hydroxyl groups is 1. The van der Waals surface area contributed by atoms with Gasteiger partial charge in [-0.15, -0.1) is 0 Å². The van der Waals surface area contributed by atoms with E-state index in [9.17, 15) is 17.9 Å². The number of anilines is 1. The van der Waals surface area contributed by atoms with Crippen molar-refractivity contribution in [1.82, 2.24) is 4.72 Å². The van der Waals surface area contributed by atoms with Crippen LogP contribution < -0.4 is 10.5 Å². The first-order valence-corrected chi connectivity index (χ1v) is 9.01. The maximum absolute atomic E-state index is 13.3. The summed E-state index contributed by atoms with van der Waals surface area (Å²) in [5.41, 5.74) is 5.19. The number of nitrogen functional groups attached to an aromatic ring is 1. The second-order valence-electron chi connectivity index (χ2n) is 5.27. The van der Waals surface area contributed by atoms with Crippen LogP contribution in [0.4, 0.5) is 10.1 Å². The monoisotopic (exact) mass is 380 g/mol. The zero-order valence-corrected chi connectivity index (χ0v) is 13.8. The maximum Gasteiger partial charge on any atom is 0.241 e. The quantitative estimate of drug-likeness (QED) is 0.696. The molecule has 1 aromatic rings. The van der Waals surface area contributed by atoms with Crippen LogP contribution in [0, 0.1) is 11.7 Å². The zero-order chi connectivity index (χ0) is 15.6. The molecule has 1 saturated carbocycles. The Morgan fingerprint density at radius 3 is 2.71 bits per heavy atom. The predicted molar refractivity (Wildman–Crippen MR) is 81.7 cm³/mol. The van der Waals surface area contributed by atoms with E-state index in [2.05, 4.69) is 20.7 Å². The van der Waals surface area contributed by atoms with Crippen LogP contribution in [0.15, 0.2) is 21.5 Å². The summed E-state index contributed by atoms with van der Waals surface area (Å²) in [4.78, 5) is -0.105. The number of aliphatic hydroxyl groups excluding tert-OH is 1. The van der Waals surface area contributed by atoms with Crippen LogP contribution in [0.5, 0.6) is 0 Å². The molecule has 2 rings (SSSR count). The molecular weight excluding hydrogens is 363 g/mol. The Labute approximate surface area is 131 Å². The fourth-order valence-electron chi connectivity index (χ4n) is 2.47. The topological polar surface area (TPSA) is 92.4 Å². The van der Waals surface area contributed by atoms with Crippen molar-refractivity contribution < 1.29 is 17.9 Å². The first-order valence-electron chi connectivity index (χ1n) is 6.73. The van der Waals surface area contributed by atoms with Crippen molar-refractivity contribution in [2.45, 2.75) is 36.7 Å². The minimum absolute atomic E-state index is 0.0925. The average Bonchev–Trinajstić information content (AvgIpc) is 2.42.